The maximum Gasteiger partial charge on any atom is 0.417 e. The van der Waals surface area contributed by atoms with E-state index in [1.54, 1.807) is 30.6 Å². The second kappa shape index (κ2) is 8.55. The van der Waals surface area contributed by atoms with E-state index in [4.69, 9.17) is 4.74 Å². The van der Waals surface area contributed by atoms with Gasteiger partial charge >= 0.3 is 6.18 Å². The first-order valence-electron chi connectivity index (χ1n) is 9.49. The van der Waals surface area contributed by atoms with Crippen molar-refractivity contribution in [3.05, 3.63) is 82.5 Å². The van der Waals surface area contributed by atoms with E-state index in [0.717, 1.165) is 18.9 Å². The monoisotopic (exact) mass is 426 g/mol. The highest BCUT2D eigenvalue weighted by molar-refractivity contribution is 5.80. The number of H-pyrrole nitrogens is 1. The first-order valence-corrected chi connectivity index (χ1v) is 9.49. The van der Waals surface area contributed by atoms with E-state index in [0.29, 0.717) is 29.5 Å². The van der Waals surface area contributed by atoms with Crippen molar-refractivity contribution < 1.29 is 17.9 Å². The Kier molecular flexibility index (Phi) is 5.66. The molecule has 3 aromatic heterocycles. The van der Waals surface area contributed by atoms with Crippen molar-refractivity contribution in [2.24, 2.45) is 0 Å². The number of pyridine rings is 2. The molecule has 0 fully saturated rings. The molecule has 0 bridgehead atoms. The van der Waals surface area contributed by atoms with Crippen LogP contribution < -0.4 is 10.3 Å². The van der Waals surface area contributed by atoms with Gasteiger partial charge in [0.2, 0.25) is 0 Å². The highest BCUT2D eigenvalue weighted by Gasteiger charge is 2.30. The van der Waals surface area contributed by atoms with Gasteiger partial charge in [-0.15, -0.1) is 0 Å². The number of ether oxygens (including phenoxy) is 1. The molecule has 0 saturated heterocycles. The van der Waals surface area contributed by atoms with E-state index in [2.05, 4.69) is 19.9 Å². The van der Waals surface area contributed by atoms with Gasteiger partial charge in [0.05, 0.1) is 23.1 Å². The fraction of sp³-hybridized carbons (Fsp3) is 0.182. The molecule has 9 heteroatoms. The van der Waals surface area contributed by atoms with Crippen molar-refractivity contribution in [2.45, 2.75) is 19.0 Å². The van der Waals surface area contributed by atoms with Gasteiger partial charge in [0.25, 0.3) is 5.56 Å². The van der Waals surface area contributed by atoms with Gasteiger partial charge in [0, 0.05) is 18.6 Å². The Bertz CT molecular complexity index is 1240. The summed E-state index contributed by atoms with van der Waals surface area (Å²) in [5, 5.41) is 0.322. The van der Waals surface area contributed by atoms with Crippen molar-refractivity contribution >= 4 is 10.9 Å². The van der Waals surface area contributed by atoms with Crippen molar-refractivity contribution in [1.82, 2.24) is 19.9 Å². The topological polar surface area (TPSA) is 80.8 Å². The molecule has 0 saturated carbocycles. The number of hydrogen-bond acceptors (Lipinski definition) is 5. The van der Waals surface area contributed by atoms with Gasteiger partial charge in [0.1, 0.15) is 11.4 Å². The Balaban J connectivity index is 1.48. The summed E-state index contributed by atoms with van der Waals surface area (Å²) in [6, 6.07) is 10.9. The Hall–Kier alpha value is -3.75. The lowest BCUT2D eigenvalue weighted by Gasteiger charge is -2.09. The Labute approximate surface area is 174 Å². The highest BCUT2D eigenvalue weighted by Crippen LogP contribution is 2.29. The molecule has 6 nitrogen and oxygen atoms in total. The number of alkyl halides is 3. The van der Waals surface area contributed by atoms with Gasteiger partial charge in [-0.3, -0.25) is 14.8 Å². The standard InChI is InChI=1S/C22H17F3N4O2/c23-22(24,25)15-3-5-19(27-13-15)20-28-18-6-4-16(12-17(18)21(30)29-20)31-11-1-2-14-7-9-26-10-8-14/h3-10,12-13H,1-2,11H2,(H,28,29,30). The lowest BCUT2D eigenvalue weighted by molar-refractivity contribution is -0.137. The number of nitrogens with zero attached hydrogens (tertiary/aromatic N) is 3. The summed E-state index contributed by atoms with van der Waals surface area (Å²) in [4.78, 5) is 27.1. The molecular formula is C22H17F3N4O2. The number of nitrogens with one attached hydrogen (secondary N) is 1. The molecule has 0 aliphatic heterocycles. The van der Waals surface area contributed by atoms with Crippen LogP contribution in [0.1, 0.15) is 17.5 Å². The summed E-state index contributed by atoms with van der Waals surface area (Å²) >= 11 is 0. The number of hydrogen-bond donors (Lipinski definition) is 1. The smallest absolute Gasteiger partial charge is 0.417 e. The van der Waals surface area contributed by atoms with Crippen LogP contribution in [-0.4, -0.2) is 26.5 Å². The van der Waals surface area contributed by atoms with Crippen molar-refractivity contribution in [2.75, 3.05) is 6.61 Å². The van der Waals surface area contributed by atoms with Gasteiger partial charge in [-0.2, -0.15) is 13.2 Å². The van der Waals surface area contributed by atoms with Crippen LogP contribution in [0.25, 0.3) is 22.4 Å². The van der Waals surface area contributed by atoms with Crippen LogP contribution in [0, 0.1) is 0 Å². The fourth-order valence-corrected chi connectivity index (χ4v) is 3.05. The summed E-state index contributed by atoms with van der Waals surface area (Å²) in [7, 11) is 0. The quantitative estimate of drug-likeness (QED) is 0.462. The molecule has 0 aliphatic carbocycles. The second-order valence-electron chi connectivity index (χ2n) is 6.83. The summed E-state index contributed by atoms with van der Waals surface area (Å²) in [5.41, 5.74) is 0.407. The zero-order chi connectivity index (χ0) is 21.8. The zero-order valence-corrected chi connectivity index (χ0v) is 16.2. The molecule has 4 aromatic rings. The molecule has 0 aliphatic rings. The van der Waals surface area contributed by atoms with Gasteiger partial charge < -0.3 is 9.72 Å². The predicted molar refractivity (Wildman–Crippen MR) is 109 cm³/mol. The first-order chi connectivity index (χ1) is 14.9. The van der Waals surface area contributed by atoms with Crippen molar-refractivity contribution in [1.29, 1.82) is 0 Å². The lowest BCUT2D eigenvalue weighted by Crippen LogP contribution is -2.11. The molecule has 31 heavy (non-hydrogen) atoms. The van der Waals surface area contributed by atoms with E-state index in [-0.39, 0.29) is 11.5 Å². The zero-order valence-electron chi connectivity index (χ0n) is 16.2. The molecule has 0 amide bonds. The van der Waals surface area contributed by atoms with Crippen LogP contribution in [0.2, 0.25) is 0 Å². The van der Waals surface area contributed by atoms with E-state index in [1.165, 1.54) is 11.6 Å². The minimum atomic E-state index is -4.48. The van der Waals surface area contributed by atoms with Gasteiger partial charge in [-0.05, 0) is 60.9 Å². The van der Waals surface area contributed by atoms with Crippen LogP contribution in [0.5, 0.6) is 5.75 Å². The molecule has 0 spiro atoms. The number of aromatic amines is 1. The van der Waals surface area contributed by atoms with Crippen LogP contribution in [-0.2, 0) is 12.6 Å². The second-order valence-corrected chi connectivity index (χ2v) is 6.83. The summed E-state index contributed by atoms with van der Waals surface area (Å²) in [6.07, 6.45) is 1.37. The Morgan fingerprint density at radius 2 is 1.84 bits per heavy atom. The minimum Gasteiger partial charge on any atom is -0.494 e. The fourth-order valence-electron chi connectivity index (χ4n) is 3.05. The third kappa shape index (κ3) is 4.88. The lowest BCUT2D eigenvalue weighted by atomic mass is 10.1. The minimum absolute atomic E-state index is 0.0947. The van der Waals surface area contributed by atoms with E-state index in [9.17, 15) is 18.0 Å². The first kappa shape index (κ1) is 20.5. The largest absolute Gasteiger partial charge is 0.494 e. The normalized spacial score (nSPS) is 11.6. The number of halogens is 3. The molecule has 3 heterocycles. The average Bonchev–Trinajstić information content (AvgIpc) is 2.77. The maximum atomic E-state index is 12.7. The van der Waals surface area contributed by atoms with Gasteiger partial charge in [0.15, 0.2) is 5.82 Å². The number of aryl methyl sites for hydroxylation is 1. The molecule has 0 atom stereocenters. The van der Waals surface area contributed by atoms with E-state index in [1.807, 2.05) is 12.1 Å². The van der Waals surface area contributed by atoms with Gasteiger partial charge in [-0.1, -0.05) is 0 Å². The maximum absolute atomic E-state index is 12.7. The SMILES string of the molecule is O=c1[nH]c(-c2ccc(C(F)(F)F)cn2)nc2ccc(OCCCc3ccncc3)cc12. The molecule has 158 valence electrons. The third-order valence-electron chi connectivity index (χ3n) is 4.64. The highest BCUT2D eigenvalue weighted by atomic mass is 19.4. The number of aromatic nitrogens is 4. The molecule has 0 unspecified atom stereocenters. The summed E-state index contributed by atoms with van der Waals surface area (Å²) in [6.45, 7) is 0.479. The number of fused-ring (bicyclic) bond motifs is 1. The van der Waals surface area contributed by atoms with E-state index >= 15 is 0 Å². The molecule has 1 aromatic carbocycles. The predicted octanol–water partition coefficient (Wildman–Crippen LogP) is 4.41. The summed E-state index contributed by atoms with van der Waals surface area (Å²) in [5.74, 6) is 0.632. The molecule has 0 radical (unpaired) electrons. The number of rotatable bonds is 6. The average molecular weight is 426 g/mol. The van der Waals surface area contributed by atoms with Crippen LogP contribution in [0.3, 0.4) is 0 Å². The van der Waals surface area contributed by atoms with E-state index < -0.39 is 17.3 Å². The molecular weight excluding hydrogens is 409 g/mol. The molecule has 4 rings (SSSR count). The third-order valence-corrected chi connectivity index (χ3v) is 4.64. The van der Waals surface area contributed by atoms with Crippen LogP contribution >= 0.6 is 0 Å². The van der Waals surface area contributed by atoms with Crippen LogP contribution in [0.15, 0.2) is 65.8 Å². The van der Waals surface area contributed by atoms with Crippen molar-refractivity contribution in [3.63, 3.8) is 0 Å². The van der Waals surface area contributed by atoms with Crippen molar-refractivity contribution in [3.8, 4) is 17.3 Å². The number of benzene rings is 1. The summed E-state index contributed by atoms with van der Waals surface area (Å²) < 4.78 is 43.8. The Morgan fingerprint density at radius 3 is 2.55 bits per heavy atom. The van der Waals surface area contributed by atoms with Crippen LogP contribution in [0.4, 0.5) is 13.2 Å². The Morgan fingerprint density at radius 1 is 1.03 bits per heavy atom. The van der Waals surface area contributed by atoms with Gasteiger partial charge in [-0.25, -0.2) is 4.98 Å². The molecule has 1 N–H and O–H groups in total.